The topological polar surface area (TPSA) is 27.7 Å². The van der Waals surface area contributed by atoms with Crippen molar-refractivity contribution in [1.82, 2.24) is 0 Å². The number of hydrogen-bond acceptors (Lipinski definition) is 3. The van der Waals surface area contributed by atoms with Crippen molar-refractivity contribution in [2.24, 2.45) is 0 Å². The second-order valence-electron chi connectivity index (χ2n) is 5.94. The third-order valence-corrected chi connectivity index (χ3v) is 8.32. The van der Waals surface area contributed by atoms with Crippen LogP contribution in [0.2, 0.25) is 0 Å². The molecule has 0 radical (unpaired) electrons. The van der Waals surface area contributed by atoms with E-state index in [1.54, 1.807) is 7.11 Å². The number of methoxy groups -OCH3 is 1. The van der Waals surface area contributed by atoms with Crippen LogP contribution in [0, 0.1) is 0 Å². The minimum Gasteiger partial charge on any atom is -0.382 e. The van der Waals surface area contributed by atoms with Crippen molar-refractivity contribution in [2.45, 2.75) is 0 Å². The highest BCUT2D eigenvalue weighted by Gasteiger charge is 2.41. The lowest BCUT2D eigenvalue weighted by atomic mass is 10.3. The summed E-state index contributed by atoms with van der Waals surface area (Å²) in [6.45, 7) is 1.30. The molecule has 0 saturated heterocycles. The molecule has 0 aliphatic heterocycles. The lowest BCUT2D eigenvalue weighted by molar-refractivity contribution is -0.0101. The van der Waals surface area contributed by atoms with Crippen LogP contribution in [0.25, 0.3) is 0 Å². The van der Waals surface area contributed by atoms with Gasteiger partial charge in [0.25, 0.3) is 8.32 Å². The Morgan fingerprint density at radius 1 is 0.615 bits per heavy atom. The van der Waals surface area contributed by atoms with Gasteiger partial charge in [-0.2, -0.15) is 0 Å². The van der Waals surface area contributed by atoms with Gasteiger partial charge in [0.05, 0.1) is 13.2 Å². The summed E-state index contributed by atoms with van der Waals surface area (Å²) in [5, 5.41) is 3.60. The smallest absolute Gasteiger partial charge is 0.290 e. The summed E-state index contributed by atoms with van der Waals surface area (Å²) >= 11 is 0. The lowest BCUT2D eigenvalue weighted by Crippen LogP contribution is -2.69. The van der Waals surface area contributed by atoms with E-state index in [1.807, 2.05) is 18.2 Å². The normalized spacial score (nSPS) is 11.4. The highest BCUT2D eigenvalue weighted by Crippen LogP contribution is 2.09. The highest BCUT2D eigenvalue weighted by atomic mass is 28.4. The summed E-state index contributed by atoms with van der Waals surface area (Å²) < 4.78 is 17.3. The zero-order valence-corrected chi connectivity index (χ0v) is 16.0. The Labute approximate surface area is 156 Å². The largest absolute Gasteiger partial charge is 0.382 e. The molecule has 0 heterocycles. The molecule has 0 aliphatic carbocycles. The van der Waals surface area contributed by atoms with Gasteiger partial charge in [-0.25, -0.2) is 0 Å². The Morgan fingerprint density at radius 2 is 1.04 bits per heavy atom. The van der Waals surface area contributed by atoms with E-state index >= 15 is 0 Å². The summed E-state index contributed by atoms with van der Waals surface area (Å²) in [6, 6.07) is 31.4. The molecule has 3 rings (SSSR count). The molecule has 4 heteroatoms. The highest BCUT2D eigenvalue weighted by molar-refractivity contribution is 7.07. The summed E-state index contributed by atoms with van der Waals surface area (Å²) in [4.78, 5) is 0. The first kappa shape index (κ1) is 18.5. The van der Waals surface area contributed by atoms with Gasteiger partial charge in [0.2, 0.25) is 0 Å². The lowest BCUT2D eigenvalue weighted by Gasteiger charge is -2.32. The summed E-state index contributed by atoms with van der Waals surface area (Å²) in [7, 11) is -0.982. The minimum absolute atomic E-state index is 0.230. The number of hydrogen-bond donors (Lipinski definition) is 0. The number of ether oxygens (including phenoxy) is 2. The maximum atomic E-state index is 6.60. The van der Waals surface area contributed by atoms with Crippen LogP contribution < -0.4 is 15.6 Å². The van der Waals surface area contributed by atoms with Crippen LogP contribution in [0.5, 0.6) is 0 Å². The van der Waals surface area contributed by atoms with E-state index in [1.165, 1.54) is 15.6 Å². The quantitative estimate of drug-likeness (QED) is 0.252. The summed E-state index contributed by atoms with van der Waals surface area (Å²) in [6.07, 6.45) is 0. The van der Waals surface area contributed by atoms with Gasteiger partial charge in [-0.3, -0.25) is 0 Å². The molecular weight excluding hydrogens is 340 g/mol. The van der Waals surface area contributed by atoms with Crippen molar-refractivity contribution in [1.29, 1.82) is 0 Å². The van der Waals surface area contributed by atoms with Crippen molar-refractivity contribution in [3.8, 4) is 0 Å². The molecule has 0 amide bonds. The molecule has 0 fully saturated rings. The van der Waals surface area contributed by atoms with Gasteiger partial charge in [0.1, 0.15) is 6.79 Å². The zero-order valence-electron chi connectivity index (χ0n) is 15.0. The second kappa shape index (κ2) is 9.45. The monoisotopic (exact) mass is 364 g/mol. The first-order valence-electron chi connectivity index (χ1n) is 8.75. The molecule has 0 aliphatic rings. The molecule has 0 N–H and O–H groups in total. The maximum absolute atomic E-state index is 6.60. The van der Waals surface area contributed by atoms with E-state index in [0.717, 1.165) is 0 Å². The van der Waals surface area contributed by atoms with Crippen LogP contribution in [-0.2, 0) is 13.9 Å². The Bertz CT molecular complexity index is 667. The van der Waals surface area contributed by atoms with Crippen LogP contribution in [0.4, 0.5) is 0 Å². The average Bonchev–Trinajstić information content (AvgIpc) is 2.73. The van der Waals surface area contributed by atoms with E-state index < -0.39 is 8.32 Å². The predicted octanol–water partition coefficient (Wildman–Crippen LogP) is 2.29. The van der Waals surface area contributed by atoms with Gasteiger partial charge in [-0.1, -0.05) is 91.0 Å². The Hall–Kier alpha value is -2.24. The summed E-state index contributed by atoms with van der Waals surface area (Å²) in [5.74, 6) is 0. The third kappa shape index (κ3) is 4.11. The van der Waals surface area contributed by atoms with Gasteiger partial charge in [-0.15, -0.1) is 0 Å². The minimum atomic E-state index is -2.65. The average molecular weight is 365 g/mol. The fraction of sp³-hybridized carbons (Fsp3) is 0.182. The third-order valence-electron chi connectivity index (χ3n) is 4.33. The Balaban J connectivity index is 2.06. The first-order valence-corrected chi connectivity index (χ1v) is 10.7. The van der Waals surface area contributed by atoms with E-state index in [2.05, 4.69) is 72.8 Å². The molecule has 0 saturated carbocycles. The maximum Gasteiger partial charge on any atom is 0.290 e. The SMILES string of the molecule is COCCOCO[Si](c1ccccc1)(c1ccccc1)c1ccccc1. The fourth-order valence-corrected chi connectivity index (χ4v) is 6.85. The molecule has 3 aromatic carbocycles. The van der Waals surface area contributed by atoms with Crippen molar-refractivity contribution in [3.05, 3.63) is 91.0 Å². The van der Waals surface area contributed by atoms with E-state index in [0.29, 0.717) is 13.2 Å². The Morgan fingerprint density at radius 3 is 1.42 bits per heavy atom. The van der Waals surface area contributed by atoms with Gasteiger partial charge < -0.3 is 13.9 Å². The molecular formula is C22H24O3Si. The Kier molecular flexibility index (Phi) is 6.74. The van der Waals surface area contributed by atoms with Gasteiger partial charge in [0.15, 0.2) is 0 Å². The second-order valence-corrected chi connectivity index (χ2v) is 9.33. The van der Waals surface area contributed by atoms with Crippen LogP contribution in [0.1, 0.15) is 0 Å². The van der Waals surface area contributed by atoms with Crippen molar-refractivity contribution in [3.63, 3.8) is 0 Å². The molecule has 3 nitrogen and oxygen atoms in total. The van der Waals surface area contributed by atoms with Crippen molar-refractivity contribution in [2.75, 3.05) is 27.1 Å². The zero-order chi connectivity index (χ0) is 18.1. The molecule has 3 aromatic rings. The molecule has 0 spiro atoms. The van der Waals surface area contributed by atoms with E-state index in [-0.39, 0.29) is 6.79 Å². The molecule has 0 unspecified atom stereocenters. The van der Waals surface area contributed by atoms with Crippen molar-refractivity contribution < 1.29 is 13.9 Å². The number of rotatable bonds is 9. The number of benzene rings is 3. The standard InChI is InChI=1S/C22H24O3Si/c1-23-17-18-24-19-25-26(20-11-5-2-6-12-20,21-13-7-3-8-14-21)22-15-9-4-10-16-22/h2-16H,17-19H2,1H3. The van der Waals surface area contributed by atoms with Gasteiger partial charge >= 0.3 is 0 Å². The van der Waals surface area contributed by atoms with Crippen LogP contribution >= 0.6 is 0 Å². The predicted molar refractivity (Wildman–Crippen MR) is 108 cm³/mol. The van der Waals surface area contributed by atoms with Crippen LogP contribution in [0.3, 0.4) is 0 Å². The van der Waals surface area contributed by atoms with Crippen molar-refractivity contribution >= 4 is 23.9 Å². The van der Waals surface area contributed by atoms with Crippen LogP contribution in [0.15, 0.2) is 91.0 Å². The van der Waals surface area contributed by atoms with Gasteiger partial charge in [0, 0.05) is 7.11 Å². The van der Waals surface area contributed by atoms with E-state index in [9.17, 15) is 0 Å². The molecule has 26 heavy (non-hydrogen) atoms. The van der Waals surface area contributed by atoms with E-state index in [4.69, 9.17) is 13.9 Å². The molecule has 0 bridgehead atoms. The van der Waals surface area contributed by atoms with Crippen LogP contribution in [-0.4, -0.2) is 35.4 Å². The molecule has 0 atom stereocenters. The molecule has 0 aromatic heterocycles. The molecule has 134 valence electrons. The summed E-state index contributed by atoms with van der Waals surface area (Å²) in [5.41, 5.74) is 0. The first-order chi connectivity index (χ1) is 12.9. The fourth-order valence-electron chi connectivity index (χ4n) is 3.10. The van der Waals surface area contributed by atoms with Gasteiger partial charge in [-0.05, 0) is 15.6 Å².